The smallest absolute Gasteiger partial charge is 0.303 e. The highest BCUT2D eigenvalue weighted by molar-refractivity contribution is 4.77. The van der Waals surface area contributed by atoms with E-state index in [1.54, 1.807) is 0 Å². The molecule has 0 spiro atoms. The highest BCUT2D eigenvalue weighted by Gasteiger charge is 2.40. The van der Waals surface area contributed by atoms with Gasteiger partial charge in [-0.1, -0.05) is 27.7 Å². The quantitative estimate of drug-likeness (QED) is 0.705. The molecule has 0 bridgehead atoms. The van der Waals surface area contributed by atoms with Crippen LogP contribution in [-0.4, -0.2) is 30.7 Å². The number of piperidine rings is 1. The third-order valence-electron chi connectivity index (χ3n) is 2.67. The van der Waals surface area contributed by atoms with Crippen molar-refractivity contribution < 1.29 is 13.2 Å². The van der Waals surface area contributed by atoms with Gasteiger partial charge in [-0.2, -0.15) is 13.2 Å². The Morgan fingerprint density at radius 2 is 1.56 bits per heavy atom. The second kappa shape index (κ2) is 7.15. The maximum atomic E-state index is 12.3. The Bertz CT molecular complexity index is 170. The molecule has 16 heavy (non-hydrogen) atoms. The van der Waals surface area contributed by atoms with Crippen molar-refractivity contribution >= 4 is 0 Å². The molecular formula is C12H24F3N. The van der Waals surface area contributed by atoms with Crippen LogP contribution in [0.25, 0.3) is 0 Å². The molecule has 0 aliphatic carbocycles. The van der Waals surface area contributed by atoms with Crippen LogP contribution in [0.4, 0.5) is 13.2 Å². The molecule has 0 unspecified atom stereocenters. The molecule has 0 atom stereocenters. The normalized spacial score (nSPS) is 19.5. The van der Waals surface area contributed by atoms with Crippen molar-refractivity contribution in [1.29, 1.82) is 0 Å². The molecule has 98 valence electrons. The molecule has 0 amide bonds. The van der Waals surface area contributed by atoms with E-state index in [4.69, 9.17) is 0 Å². The lowest BCUT2D eigenvalue weighted by atomic mass is 9.96. The van der Waals surface area contributed by atoms with Crippen molar-refractivity contribution in [3.05, 3.63) is 0 Å². The van der Waals surface area contributed by atoms with Gasteiger partial charge in [0.25, 0.3) is 0 Å². The van der Waals surface area contributed by atoms with Crippen LogP contribution in [0.1, 0.15) is 40.5 Å². The zero-order chi connectivity index (χ0) is 12.8. The van der Waals surface area contributed by atoms with Gasteiger partial charge in [0, 0.05) is 6.54 Å². The Kier molecular flexibility index (Phi) is 7.04. The first kappa shape index (κ1) is 15.8. The predicted molar refractivity (Wildman–Crippen MR) is 61.4 cm³/mol. The van der Waals surface area contributed by atoms with Crippen molar-refractivity contribution in [1.82, 2.24) is 4.90 Å². The number of rotatable bonds is 2. The monoisotopic (exact) mass is 239 g/mol. The van der Waals surface area contributed by atoms with Gasteiger partial charge in [-0.25, -0.2) is 0 Å². The molecule has 0 aromatic heterocycles. The van der Waals surface area contributed by atoms with Crippen molar-refractivity contribution in [2.24, 2.45) is 11.8 Å². The van der Waals surface area contributed by atoms with Crippen molar-refractivity contribution in [3.63, 3.8) is 0 Å². The fourth-order valence-corrected chi connectivity index (χ4v) is 1.96. The van der Waals surface area contributed by atoms with Crippen LogP contribution >= 0.6 is 0 Å². The number of hydrogen-bond donors (Lipinski definition) is 0. The number of alkyl halides is 3. The summed E-state index contributed by atoms with van der Waals surface area (Å²) in [6.45, 7) is 10.3. The molecule has 1 heterocycles. The summed E-state index contributed by atoms with van der Waals surface area (Å²) in [5.74, 6) is -0.525. The number of hydrogen-bond acceptors (Lipinski definition) is 1. The molecule has 1 aliphatic heterocycles. The summed E-state index contributed by atoms with van der Waals surface area (Å²) >= 11 is 0. The maximum Gasteiger partial charge on any atom is 0.391 e. The van der Waals surface area contributed by atoms with Gasteiger partial charge in [-0.15, -0.1) is 0 Å². The molecule has 1 aliphatic rings. The van der Waals surface area contributed by atoms with Crippen LogP contribution in [0.2, 0.25) is 0 Å². The second-order valence-corrected chi connectivity index (χ2v) is 4.51. The summed E-state index contributed by atoms with van der Waals surface area (Å²) in [5.41, 5.74) is 0. The van der Waals surface area contributed by atoms with E-state index in [-0.39, 0.29) is 12.8 Å². The molecule has 1 nitrogen and oxygen atoms in total. The molecule has 4 heteroatoms. The van der Waals surface area contributed by atoms with Gasteiger partial charge in [0.1, 0.15) is 0 Å². The molecule has 0 aromatic rings. The van der Waals surface area contributed by atoms with E-state index in [9.17, 15) is 13.2 Å². The topological polar surface area (TPSA) is 3.24 Å². The maximum absolute atomic E-state index is 12.3. The number of halogens is 3. The summed E-state index contributed by atoms with van der Waals surface area (Å²) in [6.07, 6.45) is -3.43. The van der Waals surface area contributed by atoms with E-state index < -0.39 is 12.1 Å². The fraction of sp³-hybridized carbons (Fsp3) is 1.00. The Morgan fingerprint density at radius 1 is 1.12 bits per heavy atom. The van der Waals surface area contributed by atoms with Crippen LogP contribution in [0, 0.1) is 11.8 Å². The van der Waals surface area contributed by atoms with Gasteiger partial charge in [-0.3, -0.25) is 0 Å². The molecular weight excluding hydrogens is 215 g/mol. The van der Waals surface area contributed by atoms with Crippen molar-refractivity contribution in [3.8, 4) is 0 Å². The van der Waals surface area contributed by atoms with Crippen LogP contribution < -0.4 is 0 Å². The first-order valence-corrected chi connectivity index (χ1v) is 6.18. The summed E-state index contributed by atoms with van der Waals surface area (Å²) in [4.78, 5) is 2.13. The Balaban J connectivity index is 0.00000106. The van der Waals surface area contributed by atoms with Gasteiger partial charge in [0.05, 0.1) is 5.92 Å². The van der Waals surface area contributed by atoms with Crippen LogP contribution in [0.15, 0.2) is 0 Å². The number of nitrogens with zero attached hydrogens (tertiary/aromatic N) is 1. The standard InChI is InChI=1S/C10H18F3N.C2H6/c1-8(2)7-14-5-3-9(4-6-14)10(11,12)13;1-2/h8-9H,3-7H2,1-2H3;1-2H3. The summed E-state index contributed by atoms with van der Waals surface area (Å²) in [6, 6.07) is 0. The van der Waals surface area contributed by atoms with Crippen LogP contribution in [0.3, 0.4) is 0 Å². The molecule has 1 rings (SSSR count). The van der Waals surface area contributed by atoms with E-state index in [1.807, 2.05) is 13.8 Å². The molecule has 0 N–H and O–H groups in total. The first-order chi connectivity index (χ1) is 7.39. The third kappa shape index (κ3) is 5.73. The second-order valence-electron chi connectivity index (χ2n) is 4.51. The Labute approximate surface area is 97.0 Å². The minimum Gasteiger partial charge on any atom is -0.303 e. The highest BCUT2D eigenvalue weighted by atomic mass is 19.4. The minimum atomic E-state index is -3.98. The van der Waals surface area contributed by atoms with E-state index in [1.165, 1.54) is 0 Å². The lowest BCUT2D eigenvalue weighted by Crippen LogP contribution is -2.40. The Morgan fingerprint density at radius 3 is 1.88 bits per heavy atom. The summed E-state index contributed by atoms with van der Waals surface area (Å²) in [7, 11) is 0. The highest BCUT2D eigenvalue weighted by Crippen LogP contribution is 2.34. The SMILES string of the molecule is CC.CC(C)CN1CCC(C(F)(F)F)CC1. The molecule has 0 aromatic carbocycles. The van der Waals surface area contributed by atoms with E-state index in [0.29, 0.717) is 19.0 Å². The zero-order valence-electron chi connectivity index (χ0n) is 10.8. The predicted octanol–water partition coefficient (Wildman–Crippen LogP) is 3.94. The Hall–Kier alpha value is -0.250. The average Bonchev–Trinajstić information content (AvgIpc) is 2.19. The minimum absolute atomic E-state index is 0.274. The fourth-order valence-electron chi connectivity index (χ4n) is 1.96. The van der Waals surface area contributed by atoms with Gasteiger partial charge < -0.3 is 4.90 Å². The molecule has 0 saturated carbocycles. The van der Waals surface area contributed by atoms with E-state index >= 15 is 0 Å². The van der Waals surface area contributed by atoms with Crippen molar-refractivity contribution in [2.75, 3.05) is 19.6 Å². The molecule has 0 radical (unpaired) electrons. The van der Waals surface area contributed by atoms with Gasteiger partial charge >= 0.3 is 6.18 Å². The van der Waals surface area contributed by atoms with Gasteiger partial charge in [0.2, 0.25) is 0 Å². The summed E-state index contributed by atoms with van der Waals surface area (Å²) in [5, 5.41) is 0. The molecule has 1 fully saturated rings. The van der Waals surface area contributed by atoms with E-state index in [0.717, 1.165) is 6.54 Å². The molecule has 1 saturated heterocycles. The third-order valence-corrected chi connectivity index (χ3v) is 2.67. The lowest BCUT2D eigenvalue weighted by molar-refractivity contribution is -0.185. The first-order valence-electron chi connectivity index (χ1n) is 6.18. The largest absolute Gasteiger partial charge is 0.391 e. The average molecular weight is 239 g/mol. The lowest BCUT2D eigenvalue weighted by Gasteiger charge is -2.33. The van der Waals surface area contributed by atoms with E-state index in [2.05, 4.69) is 18.7 Å². The van der Waals surface area contributed by atoms with Crippen LogP contribution in [-0.2, 0) is 0 Å². The van der Waals surface area contributed by atoms with Gasteiger partial charge in [-0.05, 0) is 31.8 Å². The summed E-state index contributed by atoms with van der Waals surface area (Å²) < 4.78 is 36.9. The number of likely N-dealkylation sites (tertiary alicyclic amines) is 1. The van der Waals surface area contributed by atoms with Gasteiger partial charge in [0.15, 0.2) is 0 Å². The van der Waals surface area contributed by atoms with Crippen molar-refractivity contribution in [2.45, 2.75) is 46.7 Å². The van der Waals surface area contributed by atoms with Crippen LogP contribution in [0.5, 0.6) is 0 Å². The zero-order valence-corrected chi connectivity index (χ0v) is 10.8.